The normalized spacial score (nSPS) is 10.1. The topological polar surface area (TPSA) is 65.3 Å². The van der Waals surface area contributed by atoms with Gasteiger partial charge >= 0.3 is 5.69 Å². The highest BCUT2D eigenvalue weighted by molar-refractivity contribution is 14.1. The number of hydrogen-bond donors (Lipinski definition) is 0. The van der Waals surface area contributed by atoms with Crippen molar-refractivity contribution in [2.24, 2.45) is 0 Å². The van der Waals surface area contributed by atoms with Gasteiger partial charge in [-0.05, 0) is 34.7 Å². The first-order valence-electron chi connectivity index (χ1n) is 4.80. The second kappa shape index (κ2) is 5.49. The van der Waals surface area contributed by atoms with Gasteiger partial charge in [-0.3, -0.25) is 10.1 Å². The van der Waals surface area contributed by atoms with E-state index in [1.807, 2.05) is 12.1 Å². The number of ether oxygens (including phenoxy) is 1. The molecule has 0 aliphatic heterocycles. The third kappa shape index (κ3) is 2.88. The summed E-state index contributed by atoms with van der Waals surface area (Å²) in [6.45, 7) is 0. The maximum Gasteiger partial charge on any atom is 0.332 e. The van der Waals surface area contributed by atoms with Crippen LogP contribution in [0.3, 0.4) is 0 Å². The number of rotatable bonds is 3. The first-order chi connectivity index (χ1) is 8.58. The molecule has 0 unspecified atom stereocenters. The molecule has 2 aromatic rings. The van der Waals surface area contributed by atoms with Gasteiger partial charge in [0.05, 0.1) is 19.7 Å². The maximum atomic E-state index is 10.9. The van der Waals surface area contributed by atoms with Crippen LogP contribution in [-0.2, 0) is 0 Å². The van der Waals surface area contributed by atoms with Crippen LogP contribution in [0, 0.1) is 13.7 Å². The largest absolute Gasteiger partial charge is 0.433 e. The minimum Gasteiger partial charge on any atom is -0.433 e. The summed E-state index contributed by atoms with van der Waals surface area (Å²) in [6, 6.07) is 8.37. The second-order valence-corrected chi connectivity index (χ2v) is 4.87. The van der Waals surface area contributed by atoms with Gasteiger partial charge in [0.15, 0.2) is 0 Å². The van der Waals surface area contributed by atoms with Crippen LogP contribution in [0.4, 0.5) is 5.69 Å². The lowest BCUT2D eigenvalue weighted by Gasteiger charge is -2.06. The fourth-order valence-corrected chi connectivity index (χ4v) is 1.91. The molecule has 92 valence electrons. The van der Waals surface area contributed by atoms with Crippen LogP contribution >= 0.6 is 34.2 Å². The molecule has 2 rings (SSSR count). The van der Waals surface area contributed by atoms with E-state index in [1.165, 1.54) is 12.3 Å². The summed E-state index contributed by atoms with van der Waals surface area (Å²) in [6.07, 6.45) is 1.31. The molecule has 1 aromatic heterocycles. The lowest BCUT2D eigenvalue weighted by Crippen LogP contribution is -1.96. The van der Waals surface area contributed by atoms with Gasteiger partial charge in [0.2, 0.25) is 0 Å². The van der Waals surface area contributed by atoms with Crippen molar-refractivity contribution in [3.63, 3.8) is 0 Å². The van der Waals surface area contributed by atoms with Crippen LogP contribution in [0.25, 0.3) is 0 Å². The van der Waals surface area contributed by atoms with Crippen molar-refractivity contribution in [3.8, 4) is 11.6 Å². The molecule has 0 saturated heterocycles. The van der Waals surface area contributed by atoms with Gasteiger partial charge < -0.3 is 4.74 Å². The Labute approximate surface area is 121 Å². The zero-order chi connectivity index (χ0) is 13.1. The Bertz CT molecular complexity index is 607. The average molecular weight is 377 g/mol. The molecule has 0 N–H and O–H groups in total. The van der Waals surface area contributed by atoms with E-state index >= 15 is 0 Å². The average Bonchev–Trinajstić information content (AvgIpc) is 2.34. The summed E-state index contributed by atoms with van der Waals surface area (Å²) < 4.78 is 6.27. The molecule has 5 nitrogen and oxygen atoms in total. The molecule has 0 radical (unpaired) electrons. The Morgan fingerprint density at radius 2 is 2.11 bits per heavy atom. The van der Waals surface area contributed by atoms with Crippen molar-refractivity contribution in [1.29, 1.82) is 0 Å². The summed E-state index contributed by atoms with van der Waals surface area (Å²) in [5, 5.41) is 11.1. The molecule has 0 amide bonds. The summed E-state index contributed by atoms with van der Waals surface area (Å²) in [7, 11) is 0. The minimum atomic E-state index is -0.579. The molecule has 0 aliphatic rings. The smallest absolute Gasteiger partial charge is 0.332 e. The zero-order valence-electron chi connectivity index (χ0n) is 8.84. The van der Waals surface area contributed by atoms with E-state index in [1.54, 1.807) is 12.1 Å². The molecule has 18 heavy (non-hydrogen) atoms. The van der Waals surface area contributed by atoms with E-state index in [-0.39, 0.29) is 16.6 Å². The number of pyridine rings is 1. The molecule has 0 aliphatic carbocycles. The van der Waals surface area contributed by atoms with Crippen molar-refractivity contribution in [2.75, 3.05) is 0 Å². The quantitative estimate of drug-likeness (QED) is 0.461. The number of hydrogen-bond acceptors (Lipinski definition) is 4. The third-order valence-corrected chi connectivity index (χ3v) is 3.14. The Morgan fingerprint density at radius 1 is 1.39 bits per heavy atom. The lowest BCUT2D eigenvalue weighted by molar-refractivity contribution is -0.386. The van der Waals surface area contributed by atoms with Crippen molar-refractivity contribution in [3.05, 3.63) is 55.2 Å². The van der Waals surface area contributed by atoms with Crippen LogP contribution in [0.1, 0.15) is 0 Å². The van der Waals surface area contributed by atoms with E-state index in [2.05, 4.69) is 27.6 Å². The monoisotopic (exact) mass is 376 g/mol. The number of para-hydroxylation sites is 1. The van der Waals surface area contributed by atoms with Gasteiger partial charge in [0, 0.05) is 6.07 Å². The second-order valence-electron chi connectivity index (χ2n) is 3.27. The Morgan fingerprint density at radius 3 is 2.78 bits per heavy atom. The fraction of sp³-hybridized carbons (Fsp3) is 0. The van der Waals surface area contributed by atoms with Crippen LogP contribution in [0.5, 0.6) is 11.6 Å². The molecular weight excluding hydrogens is 370 g/mol. The van der Waals surface area contributed by atoms with Gasteiger partial charge in [-0.2, -0.15) is 0 Å². The summed E-state index contributed by atoms with van der Waals surface area (Å²) in [5.74, 6) is 0.435. The van der Waals surface area contributed by atoms with Gasteiger partial charge in [-0.15, -0.1) is 0 Å². The SMILES string of the molecule is O=[N+]([O-])c1cc(Cl)cnc1Oc1ccccc1I. The van der Waals surface area contributed by atoms with Crippen LogP contribution in [0.15, 0.2) is 36.5 Å². The van der Waals surface area contributed by atoms with E-state index in [9.17, 15) is 10.1 Å². The Balaban J connectivity index is 2.41. The Hall–Kier alpha value is -1.41. The molecular formula is C11H6ClIN2O3. The van der Waals surface area contributed by atoms with Gasteiger partial charge in [-0.1, -0.05) is 23.7 Å². The summed E-state index contributed by atoms with van der Waals surface area (Å²) >= 11 is 7.75. The van der Waals surface area contributed by atoms with Crippen LogP contribution < -0.4 is 4.74 Å². The molecule has 0 fully saturated rings. The highest BCUT2D eigenvalue weighted by Gasteiger charge is 2.18. The lowest BCUT2D eigenvalue weighted by atomic mass is 10.3. The van der Waals surface area contributed by atoms with E-state index in [0.717, 1.165) is 3.57 Å². The van der Waals surface area contributed by atoms with Crippen LogP contribution in [0.2, 0.25) is 5.02 Å². The molecule has 1 aromatic carbocycles. The third-order valence-electron chi connectivity index (χ3n) is 2.04. The van der Waals surface area contributed by atoms with Crippen LogP contribution in [-0.4, -0.2) is 9.91 Å². The summed E-state index contributed by atoms with van der Waals surface area (Å²) in [5.41, 5.74) is -0.262. The van der Waals surface area contributed by atoms with Gasteiger partial charge in [0.25, 0.3) is 5.88 Å². The number of benzene rings is 1. The predicted octanol–water partition coefficient (Wildman–Crippen LogP) is 4.04. The van der Waals surface area contributed by atoms with Gasteiger partial charge in [-0.25, -0.2) is 4.98 Å². The van der Waals surface area contributed by atoms with Crippen molar-refractivity contribution < 1.29 is 9.66 Å². The highest BCUT2D eigenvalue weighted by atomic mass is 127. The molecule has 0 spiro atoms. The number of nitrogens with zero attached hydrogens (tertiary/aromatic N) is 2. The van der Waals surface area contributed by atoms with E-state index in [0.29, 0.717) is 5.75 Å². The standard InChI is InChI=1S/C11H6ClIN2O3/c12-7-5-9(15(16)17)11(14-6-7)18-10-4-2-1-3-8(10)13/h1-6H. The van der Waals surface area contributed by atoms with Gasteiger partial charge in [0.1, 0.15) is 5.75 Å². The molecule has 0 bridgehead atoms. The van der Waals surface area contributed by atoms with E-state index < -0.39 is 4.92 Å². The number of halogens is 2. The maximum absolute atomic E-state index is 10.9. The Kier molecular flexibility index (Phi) is 3.97. The highest BCUT2D eigenvalue weighted by Crippen LogP contribution is 2.32. The van der Waals surface area contributed by atoms with Crippen molar-refractivity contribution in [1.82, 2.24) is 4.98 Å². The zero-order valence-corrected chi connectivity index (χ0v) is 11.8. The first kappa shape index (κ1) is 13.0. The first-order valence-corrected chi connectivity index (χ1v) is 6.26. The molecule has 0 atom stereocenters. The molecule has 0 saturated carbocycles. The molecule has 1 heterocycles. The minimum absolute atomic E-state index is 0.0754. The number of aromatic nitrogens is 1. The van der Waals surface area contributed by atoms with Crippen molar-refractivity contribution >= 4 is 39.9 Å². The number of nitro groups is 1. The summed E-state index contributed by atoms with van der Waals surface area (Å²) in [4.78, 5) is 14.1. The fourth-order valence-electron chi connectivity index (χ4n) is 1.26. The van der Waals surface area contributed by atoms with Crippen molar-refractivity contribution in [2.45, 2.75) is 0 Å². The molecule has 7 heteroatoms. The van der Waals surface area contributed by atoms with E-state index in [4.69, 9.17) is 16.3 Å². The predicted molar refractivity (Wildman–Crippen MR) is 75.1 cm³/mol.